The van der Waals surface area contributed by atoms with Crippen molar-refractivity contribution in [3.63, 3.8) is 0 Å². The molecule has 146 valence electrons. The van der Waals surface area contributed by atoms with Crippen molar-refractivity contribution in [2.45, 2.75) is 26.9 Å². The number of para-hydroxylation sites is 1. The molecule has 4 aromatic rings. The van der Waals surface area contributed by atoms with Crippen molar-refractivity contribution in [3.05, 3.63) is 83.4 Å². The van der Waals surface area contributed by atoms with Crippen LogP contribution in [-0.2, 0) is 17.8 Å². The van der Waals surface area contributed by atoms with Crippen LogP contribution in [0.3, 0.4) is 0 Å². The van der Waals surface area contributed by atoms with Gasteiger partial charge in [0, 0.05) is 11.6 Å². The summed E-state index contributed by atoms with van der Waals surface area (Å²) < 4.78 is 11.0. The number of benzene rings is 2. The first-order chi connectivity index (χ1) is 14.1. The number of hydrogen-bond donors (Lipinski definition) is 1. The second-order valence-corrected chi connectivity index (χ2v) is 6.84. The number of amides is 1. The fourth-order valence-electron chi connectivity index (χ4n) is 3.15. The standard InChI is InChI=1S/C23H21N3O3/c1-15-20(16(2)29-26-15)14-28-19-10-8-17(9-11-19)13-22(27)25-21-7-3-5-18-6-4-12-24-23(18)21/h3-12H,13-14H2,1-2H3,(H,25,27). The summed E-state index contributed by atoms with van der Waals surface area (Å²) in [5.74, 6) is 1.40. The summed E-state index contributed by atoms with van der Waals surface area (Å²) >= 11 is 0. The molecule has 4 rings (SSSR count). The molecule has 1 N–H and O–H groups in total. The molecular formula is C23H21N3O3. The molecule has 29 heavy (non-hydrogen) atoms. The molecule has 1 amide bonds. The minimum Gasteiger partial charge on any atom is -0.489 e. The number of ether oxygens (including phenoxy) is 1. The number of pyridine rings is 1. The molecule has 0 bridgehead atoms. The Morgan fingerprint density at radius 1 is 1.07 bits per heavy atom. The smallest absolute Gasteiger partial charge is 0.228 e. The molecule has 0 saturated heterocycles. The number of aromatic nitrogens is 2. The number of anilines is 1. The van der Waals surface area contributed by atoms with E-state index < -0.39 is 0 Å². The van der Waals surface area contributed by atoms with Crippen LogP contribution < -0.4 is 10.1 Å². The summed E-state index contributed by atoms with van der Waals surface area (Å²) in [6.45, 7) is 4.16. The molecule has 6 nitrogen and oxygen atoms in total. The number of nitrogens with one attached hydrogen (secondary N) is 1. The minimum atomic E-state index is -0.0902. The third-order valence-electron chi connectivity index (χ3n) is 4.76. The molecule has 0 spiro atoms. The van der Waals surface area contributed by atoms with E-state index in [4.69, 9.17) is 9.26 Å². The number of rotatable bonds is 6. The first-order valence-electron chi connectivity index (χ1n) is 9.37. The Hall–Kier alpha value is -3.67. The van der Waals surface area contributed by atoms with Gasteiger partial charge in [-0.1, -0.05) is 35.5 Å². The Balaban J connectivity index is 1.37. The van der Waals surface area contributed by atoms with Gasteiger partial charge in [-0.25, -0.2) is 0 Å². The highest BCUT2D eigenvalue weighted by atomic mass is 16.5. The summed E-state index contributed by atoms with van der Waals surface area (Å²) in [6.07, 6.45) is 1.99. The zero-order chi connectivity index (χ0) is 20.2. The zero-order valence-corrected chi connectivity index (χ0v) is 16.3. The lowest BCUT2D eigenvalue weighted by molar-refractivity contribution is -0.115. The van der Waals surface area contributed by atoms with E-state index >= 15 is 0 Å². The molecular weight excluding hydrogens is 366 g/mol. The largest absolute Gasteiger partial charge is 0.489 e. The van der Waals surface area contributed by atoms with E-state index in [-0.39, 0.29) is 12.3 Å². The SMILES string of the molecule is Cc1noc(C)c1COc1ccc(CC(=O)Nc2cccc3cccnc23)cc1. The maximum Gasteiger partial charge on any atom is 0.228 e. The van der Waals surface area contributed by atoms with Crippen LogP contribution in [0.4, 0.5) is 5.69 Å². The maximum atomic E-state index is 12.5. The van der Waals surface area contributed by atoms with Crippen LogP contribution in [0.2, 0.25) is 0 Å². The van der Waals surface area contributed by atoms with Gasteiger partial charge in [0.05, 0.1) is 28.9 Å². The van der Waals surface area contributed by atoms with Crippen molar-refractivity contribution in [2.24, 2.45) is 0 Å². The molecule has 0 aliphatic carbocycles. The van der Waals surface area contributed by atoms with E-state index in [1.807, 2.05) is 68.4 Å². The third-order valence-corrected chi connectivity index (χ3v) is 4.76. The lowest BCUT2D eigenvalue weighted by atomic mass is 10.1. The highest BCUT2D eigenvalue weighted by Crippen LogP contribution is 2.21. The van der Waals surface area contributed by atoms with E-state index in [0.29, 0.717) is 12.3 Å². The summed E-state index contributed by atoms with van der Waals surface area (Å²) in [5.41, 5.74) is 4.19. The summed E-state index contributed by atoms with van der Waals surface area (Å²) in [7, 11) is 0. The van der Waals surface area contributed by atoms with Gasteiger partial charge in [0.2, 0.25) is 5.91 Å². The minimum absolute atomic E-state index is 0.0902. The van der Waals surface area contributed by atoms with Crippen LogP contribution >= 0.6 is 0 Å². The number of hydrogen-bond acceptors (Lipinski definition) is 5. The van der Waals surface area contributed by atoms with Gasteiger partial charge in [-0.3, -0.25) is 9.78 Å². The number of aryl methyl sites for hydroxylation is 2. The van der Waals surface area contributed by atoms with Gasteiger partial charge in [-0.15, -0.1) is 0 Å². The van der Waals surface area contributed by atoms with Gasteiger partial charge < -0.3 is 14.6 Å². The maximum absolute atomic E-state index is 12.5. The molecule has 6 heteroatoms. The Kier molecular flexibility index (Phi) is 5.24. The van der Waals surface area contributed by atoms with E-state index in [1.165, 1.54) is 0 Å². The van der Waals surface area contributed by atoms with E-state index in [9.17, 15) is 4.79 Å². The van der Waals surface area contributed by atoms with Gasteiger partial charge in [-0.05, 0) is 43.7 Å². The molecule has 0 saturated carbocycles. The van der Waals surface area contributed by atoms with Crippen molar-refractivity contribution >= 4 is 22.5 Å². The van der Waals surface area contributed by atoms with Gasteiger partial charge in [-0.2, -0.15) is 0 Å². The van der Waals surface area contributed by atoms with Crippen LogP contribution in [0.5, 0.6) is 5.75 Å². The zero-order valence-electron chi connectivity index (χ0n) is 16.3. The fraction of sp³-hybridized carbons (Fsp3) is 0.174. The molecule has 2 heterocycles. The summed E-state index contributed by atoms with van der Waals surface area (Å²) in [6, 6.07) is 17.1. The number of carbonyl (C=O) groups is 1. The monoisotopic (exact) mass is 387 g/mol. The average molecular weight is 387 g/mol. The molecule has 0 aliphatic heterocycles. The topological polar surface area (TPSA) is 77.2 Å². The van der Waals surface area contributed by atoms with Crippen LogP contribution in [-0.4, -0.2) is 16.0 Å². The normalized spacial score (nSPS) is 10.8. The van der Waals surface area contributed by atoms with Gasteiger partial charge in [0.15, 0.2) is 0 Å². The van der Waals surface area contributed by atoms with Crippen molar-refractivity contribution in [2.75, 3.05) is 5.32 Å². The van der Waals surface area contributed by atoms with E-state index in [0.717, 1.165) is 39.2 Å². The van der Waals surface area contributed by atoms with Crippen LogP contribution in [0.15, 0.2) is 65.3 Å². The molecule has 0 atom stereocenters. The Labute approximate surface area is 168 Å². The third kappa shape index (κ3) is 4.27. The van der Waals surface area contributed by atoms with Crippen LogP contribution in [0, 0.1) is 13.8 Å². The second-order valence-electron chi connectivity index (χ2n) is 6.84. The van der Waals surface area contributed by atoms with Crippen molar-refractivity contribution < 1.29 is 14.1 Å². The number of fused-ring (bicyclic) bond motifs is 1. The number of carbonyl (C=O) groups excluding carboxylic acids is 1. The van der Waals surface area contributed by atoms with Gasteiger partial charge >= 0.3 is 0 Å². The lowest BCUT2D eigenvalue weighted by Gasteiger charge is -2.09. The molecule has 0 aliphatic rings. The lowest BCUT2D eigenvalue weighted by Crippen LogP contribution is -2.14. The predicted molar refractivity (Wildman–Crippen MR) is 111 cm³/mol. The van der Waals surface area contributed by atoms with Crippen LogP contribution in [0.25, 0.3) is 10.9 Å². The quantitative estimate of drug-likeness (QED) is 0.523. The van der Waals surface area contributed by atoms with Crippen molar-refractivity contribution in [1.29, 1.82) is 0 Å². The fourth-order valence-corrected chi connectivity index (χ4v) is 3.15. The van der Waals surface area contributed by atoms with Gasteiger partial charge in [0.1, 0.15) is 18.1 Å². The Bertz CT molecular complexity index is 1120. The van der Waals surface area contributed by atoms with Crippen LogP contribution in [0.1, 0.15) is 22.6 Å². The first-order valence-corrected chi connectivity index (χ1v) is 9.37. The summed E-state index contributed by atoms with van der Waals surface area (Å²) in [5, 5.41) is 7.87. The van der Waals surface area contributed by atoms with E-state index in [2.05, 4.69) is 15.5 Å². The molecule has 2 aromatic carbocycles. The van der Waals surface area contributed by atoms with Gasteiger partial charge in [0.25, 0.3) is 0 Å². The molecule has 0 fully saturated rings. The van der Waals surface area contributed by atoms with Crippen molar-refractivity contribution in [1.82, 2.24) is 10.1 Å². The summed E-state index contributed by atoms with van der Waals surface area (Å²) in [4.78, 5) is 16.8. The van der Waals surface area contributed by atoms with Crippen molar-refractivity contribution in [3.8, 4) is 5.75 Å². The number of nitrogens with zero attached hydrogens (tertiary/aromatic N) is 2. The highest BCUT2D eigenvalue weighted by Gasteiger charge is 2.10. The second kappa shape index (κ2) is 8.14. The molecule has 0 radical (unpaired) electrons. The first kappa shape index (κ1) is 18.7. The Morgan fingerprint density at radius 3 is 2.62 bits per heavy atom. The predicted octanol–water partition coefficient (Wildman–Crippen LogP) is 4.60. The molecule has 0 unspecified atom stereocenters. The Morgan fingerprint density at radius 2 is 1.86 bits per heavy atom. The molecule has 2 aromatic heterocycles. The average Bonchev–Trinajstić information content (AvgIpc) is 3.05. The highest BCUT2D eigenvalue weighted by molar-refractivity contribution is 6.00. The van der Waals surface area contributed by atoms with E-state index in [1.54, 1.807) is 6.20 Å².